The molecule has 1 amide bonds. The molecular formula is C34H42ClN9O16P2. The Morgan fingerprint density at radius 1 is 0.984 bits per heavy atom. The first kappa shape index (κ1) is 46.8. The summed E-state index contributed by atoms with van der Waals surface area (Å²) in [4.78, 5) is 86.5. The highest BCUT2D eigenvalue weighted by atomic mass is 35.5. The molecule has 2 aliphatic rings. The normalized spacial score (nSPS) is 25.3. The van der Waals surface area contributed by atoms with Gasteiger partial charge >= 0.3 is 27.3 Å². The Labute approximate surface area is 355 Å². The van der Waals surface area contributed by atoms with Crippen molar-refractivity contribution in [2.75, 3.05) is 31.7 Å². The van der Waals surface area contributed by atoms with Crippen molar-refractivity contribution < 1.29 is 71.4 Å². The fourth-order valence-corrected chi connectivity index (χ4v) is 8.08. The number of halogens is 1. The number of nitrogens with two attached hydrogens (primary N) is 2. The summed E-state index contributed by atoms with van der Waals surface area (Å²) in [7, 11) is -9.21. The van der Waals surface area contributed by atoms with Gasteiger partial charge in [-0.2, -0.15) is 4.98 Å². The molecule has 336 valence electrons. The molecule has 10 atom stereocenters. The number of aliphatic hydroxyl groups excluding tert-OH is 2. The molecule has 28 heteroatoms. The number of allylic oxidation sites excluding steroid dienone is 1. The van der Waals surface area contributed by atoms with Gasteiger partial charge in [-0.3, -0.25) is 27.5 Å². The summed E-state index contributed by atoms with van der Waals surface area (Å²) >= 11 is 6.07. The van der Waals surface area contributed by atoms with Crippen LogP contribution in [-0.4, -0.2) is 134 Å². The molecule has 5 heterocycles. The van der Waals surface area contributed by atoms with Gasteiger partial charge in [0.25, 0.3) is 0 Å². The lowest BCUT2D eigenvalue weighted by atomic mass is 10.0. The van der Waals surface area contributed by atoms with E-state index in [0.29, 0.717) is 17.0 Å². The Morgan fingerprint density at radius 3 is 2.29 bits per heavy atom. The molecule has 0 bridgehead atoms. The second-order valence-corrected chi connectivity index (χ2v) is 17.0. The number of benzene rings is 1. The van der Waals surface area contributed by atoms with Gasteiger partial charge in [-0.05, 0) is 30.2 Å². The van der Waals surface area contributed by atoms with Crippen LogP contribution in [0.3, 0.4) is 0 Å². The number of nitrogen functional groups attached to an aromatic ring is 2. The van der Waals surface area contributed by atoms with Crippen LogP contribution in [0.2, 0.25) is 5.02 Å². The van der Waals surface area contributed by atoms with Crippen LogP contribution in [-0.2, 0) is 52.9 Å². The van der Waals surface area contributed by atoms with Crippen LogP contribution in [0, 0.1) is 0 Å². The quantitative estimate of drug-likeness (QED) is 0.0391. The third-order valence-electron chi connectivity index (χ3n) is 9.76. The molecule has 1 aromatic carbocycles. The molecule has 0 radical (unpaired) electrons. The van der Waals surface area contributed by atoms with Gasteiger partial charge in [-0.25, -0.2) is 33.7 Å². The number of fused-ring (bicyclic) bond motifs is 1. The van der Waals surface area contributed by atoms with Crippen molar-refractivity contribution >= 4 is 61.9 Å². The van der Waals surface area contributed by atoms with E-state index in [4.69, 9.17) is 46.3 Å². The standard InChI is InChI=1S/C34H42ClN9O16P2/c1-3-4-5-23(45)42(2)19(12-17-6-8-18(35)9-7-17)33(48)59-27-20(57-32(25(27)46)44-16-40-24-29(37)38-15-39-30(24)44)14-56-62(53,54)60-28-21(13-55-61(50,51)52)58-31(26(28)47)43-11-10-22(36)41-34(43)49/h3,6-11,15-16,19-21,25-28,31-32,46-47H,1,4-5,12-14H2,2H3,(H,53,54)(H2,36,41,49)(H2,37,38,39)(H2,50,51,52)/t19-,20+,21+,25+,26+,27+,28+,31+,32+/m0/s1. The summed E-state index contributed by atoms with van der Waals surface area (Å²) in [6.45, 7) is 1.63. The van der Waals surface area contributed by atoms with Crippen molar-refractivity contribution in [1.29, 1.82) is 0 Å². The van der Waals surface area contributed by atoms with Crippen molar-refractivity contribution in [1.82, 2.24) is 34.0 Å². The number of hydrogen-bond acceptors (Lipinski definition) is 19. The molecule has 3 aromatic heterocycles. The molecule has 25 nitrogen and oxygen atoms in total. The molecule has 1 unspecified atom stereocenters. The zero-order valence-corrected chi connectivity index (χ0v) is 35.0. The second-order valence-electron chi connectivity index (χ2n) is 13.9. The molecule has 62 heavy (non-hydrogen) atoms. The Morgan fingerprint density at radius 2 is 1.63 bits per heavy atom. The van der Waals surface area contributed by atoms with E-state index in [0.717, 1.165) is 17.1 Å². The number of ether oxygens (including phenoxy) is 3. The van der Waals surface area contributed by atoms with E-state index < -0.39 is 102 Å². The summed E-state index contributed by atoms with van der Waals surface area (Å²) in [6.07, 6.45) is -8.73. The number of likely N-dealkylation sites (N-methyl/N-ethyl adjacent to an activating group) is 1. The predicted octanol–water partition coefficient (Wildman–Crippen LogP) is -0.0232. The van der Waals surface area contributed by atoms with Crippen molar-refractivity contribution in [3.63, 3.8) is 0 Å². The summed E-state index contributed by atoms with van der Waals surface area (Å²) < 4.78 is 59.7. The number of aromatic nitrogens is 6. The number of hydrogen-bond donors (Lipinski definition) is 7. The van der Waals surface area contributed by atoms with E-state index in [1.165, 1.54) is 35.0 Å². The number of carbonyl (C=O) groups is 2. The number of phosphoric acid groups is 2. The minimum Gasteiger partial charge on any atom is -0.455 e. The molecule has 9 N–H and O–H groups in total. The third-order valence-corrected chi connectivity index (χ3v) is 11.5. The lowest BCUT2D eigenvalue weighted by Gasteiger charge is -2.30. The summed E-state index contributed by atoms with van der Waals surface area (Å²) in [5.41, 5.74) is 11.3. The van der Waals surface area contributed by atoms with Crippen LogP contribution in [0.25, 0.3) is 11.2 Å². The van der Waals surface area contributed by atoms with Crippen LogP contribution in [0.15, 0.2) is 66.6 Å². The van der Waals surface area contributed by atoms with E-state index in [9.17, 15) is 48.4 Å². The van der Waals surface area contributed by atoms with Crippen LogP contribution in [0.1, 0.15) is 30.9 Å². The fraction of sp³-hybridized carbons (Fsp3) is 0.441. The first-order valence-electron chi connectivity index (χ1n) is 18.4. The number of amides is 1. The number of carbonyl (C=O) groups excluding carboxylic acids is 2. The molecule has 0 spiro atoms. The monoisotopic (exact) mass is 929 g/mol. The van der Waals surface area contributed by atoms with Crippen molar-refractivity contribution in [2.24, 2.45) is 0 Å². The third kappa shape index (κ3) is 10.9. The summed E-state index contributed by atoms with van der Waals surface area (Å²) in [5.74, 6) is -1.66. The molecule has 4 aromatic rings. The van der Waals surface area contributed by atoms with Gasteiger partial charge in [0, 0.05) is 31.1 Å². The molecule has 0 saturated carbocycles. The molecule has 2 aliphatic heterocycles. The molecule has 0 aliphatic carbocycles. The number of rotatable bonds is 18. The Bertz CT molecular complexity index is 2420. The van der Waals surface area contributed by atoms with E-state index in [-0.39, 0.29) is 35.6 Å². The van der Waals surface area contributed by atoms with Crippen LogP contribution >= 0.6 is 27.2 Å². The van der Waals surface area contributed by atoms with Gasteiger partial charge in [0.1, 0.15) is 54.2 Å². The van der Waals surface area contributed by atoms with E-state index in [1.807, 2.05) is 0 Å². The first-order chi connectivity index (χ1) is 29.3. The highest BCUT2D eigenvalue weighted by molar-refractivity contribution is 7.47. The topological polar surface area (TPSA) is 359 Å². The van der Waals surface area contributed by atoms with Crippen molar-refractivity contribution in [3.05, 3.63) is 82.9 Å². The number of anilines is 2. The maximum Gasteiger partial charge on any atom is 0.472 e. The first-order valence-corrected chi connectivity index (χ1v) is 21.8. The second kappa shape index (κ2) is 19.3. The lowest BCUT2D eigenvalue weighted by molar-refractivity contribution is -0.165. The number of phosphoric ester groups is 2. The highest BCUT2D eigenvalue weighted by Crippen LogP contribution is 2.50. The number of esters is 1. The van der Waals surface area contributed by atoms with Gasteiger partial charge in [-0.1, -0.05) is 29.8 Å². The Kier molecular flexibility index (Phi) is 14.6. The van der Waals surface area contributed by atoms with Gasteiger partial charge in [0.15, 0.2) is 30.0 Å². The Hall–Kier alpha value is -4.72. The molecule has 2 saturated heterocycles. The number of nitrogens with zero attached hydrogens (tertiary/aromatic N) is 7. The van der Waals surface area contributed by atoms with Crippen molar-refractivity contribution in [3.8, 4) is 0 Å². The number of imidazole rings is 1. The largest absolute Gasteiger partial charge is 0.472 e. The predicted molar refractivity (Wildman–Crippen MR) is 212 cm³/mol. The van der Waals surface area contributed by atoms with E-state index in [2.05, 4.69) is 31.0 Å². The average Bonchev–Trinajstić information content (AvgIpc) is 3.87. The summed E-state index contributed by atoms with van der Waals surface area (Å²) in [5, 5.41) is 23.3. The zero-order valence-electron chi connectivity index (χ0n) is 32.4. The van der Waals surface area contributed by atoms with Gasteiger partial charge in [-0.15, -0.1) is 6.58 Å². The van der Waals surface area contributed by atoms with Gasteiger partial charge < -0.3 is 55.5 Å². The van der Waals surface area contributed by atoms with Crippen molar-refractivity contribution in [2.45, 2.75) is 74.4 Å². The highest BCUT2D eigenvalue weighted by Gasteiger charge is 2.52. The maximum atomic E-state index is 14.2. The minimum absolute atomic E-state index is 0.00393. The number of aliphatic hydroxyl groups is 2. The smallest absolute Gasteiger partial charge is 0.455 e. The van der Waals surface area contributed by atoms with E-state index in [1.54, 1.807) is 24.3 Å². The van der Waals surface area contributed by atoms with Crippen LogP contribution < -0.4 is 17.2 Å². The molecular weight excluding hydrogens is 888 g/mol. The molecule has 6 rings (SSSR count). The van der Waals surface area contributed by atoms with Crippen LogP contribution in [0.4, 0.5) is 11.6 Å². The summed E-state index contributed by atoms with van der Waals surface area (Å²) in [6, 6.07) is 6.35. The van der Waals surface area contributed by atoms with Gasteiger partial charge in [0.05, 0.1) is 19.5 Å². The lowest BCUT2D eigenvalue weighted by Crippen LogP contribution is -2.48. The average molecular weight is 930 g/mol. The maximum absolute atomic E-state index is 14.2. The van der Waals surface area contributed by atoms with Crippen LogP contribution in [0.5, 0.6) is 0 Å². The zero-order chi connectivity index (χ0) is 45.1. The fourth-order valence-electron chi connectivity index (χ4n) is 6.65. The SMILES string of the molecule is C=CCCC(=O)N(C)[C@@H](Cc1ccc(Cl)cc1)C(=O)O[C@H]1[C@@H](O)[C@H](n2cnc3c(N)ncnc32)O[C@@H]1COP(=O)(O)O[C@H]1[C@@H](O)[C@H](n2ccc(N)nc2=O)O[C@@H]1COP(=O)(O)O. The minimum atomic E-state index is -5.43. The van der Waals surface area contributed by atoms with Gasteiger partial charge in [0.2, 0.25) is 5.91 Å². The molecule has 2 fully saturated rings. The Balaban J connectivity index is 1.27. The van der Waals surface area contributed by atoms with E-state index >= 15 is 0 Å².